The summed E-state index contributed by atoms with van der Waals surface area (Å²) in [7, 11) is 0. The Morgan fingerprint density at radius 1 is 1.25 bits per heavy atom. The molecular formula is C11H9FN2O2. The minimum atomic E-state index is -0.709. The third-order valence-electron chi connectivity index (χ3n) is 2.22. The zero-order valence-corrected chi connectivity index (χ0v) is 8.31. The molecule has 2 rings (SSSR count). The summed E-state index contributed by atoms with van der Waals surface area (Å²) in [4.78, 5) is 24.7. The Morgan fingerprint density at radius 3 is 2.75 bits per heavy atom. The second-order valence-electron chi connectivity index (χ2n) is 3.31. The maximum absolute atomic E-state index is 13.3. The van der Waals surface area contributed by atoms with Crippen LogP contribution in [0.2, 0.25) is 0 Å². The number of aromatic amines is 1. The van der Waals surface area contributed by atoms with Gasteiger partial charge in [0.2, 0.25) is 0 Å². The Kier molecular flexibility index (Phi) is 2.68. The highest BCUT2D eigenvalue weighted by Crippen LogP contribution is 2.06. The number of nitrogens with one attached hydrogen (secondary N) is 1. The fraction of sp³-hybridized carbons (Fsp3) is 0.0909. The summed E-state index contributed by atoms with van der Waals surface area (Å²) >= 11 is 0. The Bertz CT molecular complexity index is 616. The second kappa shape index (κ2) is 4.14. The van der Waals surface area contributed by atoms with Crippen LogP contribution in [0.15, 0.2) is 46.2 Å². The molecule has 0 amide bonds. The standard InChI is InChI=1S/C11H9FN2O2/c12-9-4-2-1-3-8(9)7-14-6-5-13-10(15)11(14)16/h1-6H,7H2,(H,13,15). The molecule has 0 aliphatic heterocycles. The molecule has 0 spiro atoms. The summed E-state index contributed by atoms with van der Waals surface area (Å²) in [5, 5.41) is 0. The molecule has 0 radical (unpaired) electrons. The molecule has 0 saturated heterocycles. The summed E-state index contributed by atoms with van der Waals surface area (Å²) in [6.45, 7) is 0.0510. The molecule has 0 unspecified atom stereocenters. The summed E-state index contributed by atoms with van der Waals surface area (Å²) in [5.41, 5.74) is -1.03. The van der Waals surface area contributed by atoms with Crippen molar-refractivity contribution in [2.45, 2.75) is 6.54 Å². The van der Waals surface area contributed by atoms with Crippen molar-refractivity contribution in [1.82, 2.24) is 9.55 Å². The molecule has 0 atom stereocenters. The van der Waals surface area contributed by atoms with Gasteiger partial charge in [-0.05, 0) is 6.07 Å². The van der Waals surface area contributed by atoms with E-state index >= 15 is 0 Å². The molecule has 4 nitrogen and oxygen atoms in total. The van der Waals surface area contributed by atoms with Crippen molar-refractivity contribution in [3.8, 4) is 0 Å². The monoisotopic (exact) mass is 220 g/mol. The van der Waals surface area contributed by atoms with Gasteiger partial charge in [-0.15, -0.1) is 0 Å². The van der Waals surface area contributed by atoms with E-state index in [4.69, 9.17) is 0 Å². The Labute approximate surface area is 90.0 Å². The van der Waals surface area contributed by atoms with Crippen LogP contribution in [0.1, 0.15) is 5.56 Å². The minimum Gasteiger partial charge on any atom is -0.323 e. The number of hydrogen-bond acceptors (Lipinski definition) is 2. The van der Waals surface area contributed by atoms with Crippen molar-refractivity contribution in [2.24, 2.45) is 0 Å². The average molecular weight is 220 g/mol. The fourth-order valence-corrected chi connectivity index (χ4v) is 1.40. The maximum Gasteiger partial charge on any atom is 0.316 e. The van der Waals surface area contributed by atoms with Crippen LogP contribution >= 0.6 is 0 Å². The lowest BCUT2D eigenvalue weighted by Crippen LogP contribution is -2.35. The number of hydrogen-bond donors (Lipinski definition) is 1. The SMILES string of the molecule is O=c1[nH]ccn(Cc2ccccc2F)c1=O. The lowest BCUT2D eigenvalue weighted by atomic mass is 10.2. The van der Waals surface area contributed by atoms with Crippen LogP contribution in [0.3, 0.4) is 0 Å². The average Bonchev–Trinajstić information content (AvgIpc) is 2.28. The normalized spacial score (nSPS) is 10.3. The quantitative estimate of drug-likeness (QED) is 0.758. The van der Waals surface area contributed by atoms with Crippen LogP contribution in [0.25, 0.3) is 0 Å². The summed E-state index contributed by atoms with van der Waals surface area (Å²) in [6, 6.07) is 6.13. The highest BCUT2D eigenvalue weighted by atomic mass is 19.1. The van der Waals surface area contributed by atoms with Gasteiger partial charge in [-0.2, -0.15) is 0 Å². The number of rotatable bonds is 2. The van der Waals surface area contributed by atoms with Gasteiger partial charge in [0.05, 0.1) is 6.54 Å². The Balaban J connectivity index is 2.43. The van der Waals surface area contributed by atoms with Crippen molar-refractivity contribution in [2.75, 3.05) is 0 Å². The van der Waals surface area contributed by atoms with Crippen LogP contribution < -0.4 is 11.1 Å². The number of aromatic nitrogens is 2. The number of H-pyrrole nitrogens is 1. The van der Waals surface area contributed by atoms with E-state index in [1.807, 2.05) is 0 Å². The van der Waals surface area contributed by atoms with Crippen LogP contribution in [0.5, 0.6) is 0 Å². The highest BCUT2D eigenvalue weighted by Gasteiger charge is 2.04. The zero-order valence-electron chi connectivity index (χ0n) is 8.31. The predicted molar refractivity (Wildman–Crippen MR) is 56.8 cm³/mol. The first-order valence-electron chi connectivity index (χ1n) is 4.70. The van der Waals surface area contributed by atoms with Gasteiger partial charge in [0.25, 0.3) is 0 Å². The van der Waals surface area contributed by atoms with E-state index < -0.39 is 16.9 Å². The molecule has 16 heavy (non-hydrogen) atoms. The van der Waals surface area contributed by atoms with E-state index in [1.54, 1.807) is 18.2 Å². The number of nitrogens with zero attached hydrogens (tertiary/aromatic N) is 1. The van der Waals surface area contributed by atoms with Gasteiger partial charge in [0.1, 0.15) is 5.82 Å². The molecule has 2 aromatic rings. The van der Waals surface area contributed by atoms with E-state index in [-0.39, 0.29) is 6.54 Å². The van der Waals surface area contributed by atoms with Gasteiger partial charge in [-0.3, -0.25) is 9.59 Å². The zero-order chi connectivity index (χ0) is 11.5. The topological polar surface area (TPSA) is 54.9 Å². The summed E-state index contributed by atoms with van der Waals surface area (Å²) in [6.07, 6.45) is 2.76. The van der Waals surface area contributed by atoms with Crippen molar-refractivity contribution in [3.05, 3.63) is 68.7 Å². The molecule has 5 heteroatoms. The molecule has 1 aromatic carbocycles. The van der Waals surface area contributed by atoms with Gasteiger partial charge < -0.3 is 9.55 Å². The van der Waals surface area contributed by atoms with E-state index in [9.17, 15) is 14.0 Å². The third-order valence-corrected chi connectivity index (χ3v) is 2.22. The van der Waals surface area contributed by atoms with Gasteiger partial charge in [0.15, 0.2) is 0 Å². The van der Waals surface area contributed by atoms with Crippen LogP contribution in [-0.2, 0) is 6.54 Å². The lowest BCUT2D eigenvalue weighted by Gasteiger charge is -2.05. The molecule has 1 heterocycles. The lowest BCUT2D eigenvalue weighted by molar-refractivity contribution is 0.594. The van der Waals surface area contributed by atoms with E-state index in [0.29, 0.717) is 5.56 Å². The van der Waals surface area contributed by atoms with Crippen molar-refractivity contribution in [1.29, 1.82) is 0 Å². The maximum atomic E-state index is 13.3. The minimum absolute atomic E-state index is 0.0510. The van der Waals surface area contributed by atoms with Crippen molar-refractivity contribution in [3.63, 3.8) is 0 Å². The van der Waals surface area contributed by atoms with E-state index in [0.717, 1.165) is 4.57 Å². The molecule has 0 aliphatic carbocycles. The van der Waals surface area contributed by atoms with E-state index in [1.165, 1.54) is 18.5 Å². The van der Waals surface area contributed by atoms with Crippen LogP contribution in [0, 0.1) is 5.82 Å². The van der Waals surface area contributed by atoms with Crippen molar-refractivity contribution >= 4 is 0 Å². The predicted octanol–water partition coefficient (Wildman–Crippen LogP) is 0.724. The number of benzene rings is 1. The van der Waals surface area contributed by atoms with Crippen LogP contribution in [-0.4, -0.2) is 9.55 Å². The van der Waals surface area contributed by atoms with Gasteiger partial charge >= 0.3 is 11.1 Å². The van der Waals surface area contributed by atoms with Crippen molar-refractivity contribution < 1.29 is 4.39 Å². The number of halogens is 1. The largest absolute Gasteiger partial charge is 0.323 e. The van der Waals surface area contributed by atoms with Crippen LogP contribution in [0.4, 0.5) is 4.39 Å². The molecule has 0 bridgehead atoms. The summed E-state index contributed by atoms with van der Waals surface area (Å²) in [5.74, 6) is -0.394. The molecular weight excluding hydrogens is 211 g/mol. The molecule has 0 saturated carbocycles. The Hall–Kier alpha value is -2.17. The van der Waals surface area contributed by atoms with Gasteiger partial charge in [-0.1, -0.05) is 18.2 Å². The smallest absolute Gasteiger partial charge is 0.316 e. The molecule has 82 valence electrons. The fourth-order valence-electron chi connectivity index (χ4n) is 1.40. The van der Waals surface area contributed by atoms with Gasteiger partial charge in [0, 0.05) is 18.0 Å². The summed E-state index contributed by atoms with van der Waals surface area (Å²) < 4.78 is 14.5. The highest BCUT2D eigenvalue weighted by molar-refractivity contribution is 5.17. The second-order valence-corrected chi connectivity index (χ2v) is 3.31. The first-order chi connectivity index (χ1) is 7.68. The van der Waals surface area contributed by atoms with E-state index in [2.05, 4.69) is 4.98 Å². The first kappa shape index (κ1) is 10.4. The molecule has 0 fully saturated rings. The third kappa shape index (κ3) is 1.93. The Morgan fingerprint density at radius 2 is 2.00 bits per heavy atom. The molecule has 1 aromatic heterocycles. The first-order valence-corrected chi connectivity index (χ1v) is 4.70. The molecule has 1 N–H and O–H groups in total. The van der Waals surface area contributed by atoms with Gasteiger partial charge in [-0.25, -0.2) is 4.39 Å². The molecule has 0 aliphatic rings.